The molecule has 1 aromatic carbocycles. The molecule has 116 valence electrons. The molecule has 5 heteroatoms. The summed E-state index contributed by atoms with van der Waals surface area (Å²) < 4.78 is 5.35. The Hall–Kier alpha value is -1.43. The summed E-state index contributed by atoms with van der Waals surface area (Å²) >= 11 is 0. The zero-order valence-electron chi connectivity index (χ0n) is 12.7. The quantitative estimate of drug-likeness (QED) is 0.832. The molecule has 0 spiro atoms. The highest BCUT2D eigenvalue weighted by Crippen LogP contribution is 2.15. The number of ether oxygens (including phenoxy) is 1. The summed E-state index contributed by atoms with van der Waals surface area (Å²) in [6.45, 7) is 3.57. The average Bonchev–Trinajstić information content (AvgIpc) is 2.48. The summed E-state index contributed by atoms with van der Waals surface area (Å²) in [6, 6.07) is 7.64. The molecule has 1 heterocycles. The molecule has 2 rings (SSSR count). The number of benzene rings is 1. The lowest BCUT2D eigenvalue weighted by molar-refractivity contribution is -0.117. The van der Waals surface area contributed by atoms with E-state index in [9.17, 15) is 4.79 Å². The molecule has 21 heavy (non-hydrogen) atoms. The van der Waals surface area contributed by atoms with Crippen LogP contribution in [0.25, 0.3) is 0 Å². The molecule has 0 unspecified atom stereocenters. The van der Waals surface area contributed by atoms with E-state index in [4.69, 9.17) is 10.5 Å². The molecule has 5 nitrogen and oxygen atoms in total. The number of nitrogens with zero attached hydrogens (tertiary/aromatic N) is 1. The molecule has 0 aliphatic carbocycles. The second-order valence-corrected chi connectivity index (χ2v) is 5.70. The summed E-state index contributed by atoms with van der Waals surface area (Å²) in [5, 5.41) is 2.92. The van der Waals surface area contributed by atoms with Gasteiger partial charge in [-0.1, -0.05) is 12.1 Å². The van der Waals surface area contributed by atoms with Crippen LogP contribution in [0.5, 0.6) is 0 Å². The first kappa shape index (κ1) is 15.9. The molecule has 0 radical (unpaired) electrons. The predicted molar refractivity (Wildman–Crippen MR) is 84.0 cm³/mol. The topological polar surface area (TPSA) is 67.6 Å². The largest absolute Gasteiger partial charge is 0.381 e. The van der Waals surface area contributed by atoms with Gasteiger partial charge in [-0.25, -0.2) is 0 Å². The Kier molecular flexibility index (Phi) is 6.17. The molecule has 3 N–H and O–H groups in total. The highest BCUT2D eigenvalue weighted by atomic mass is 16.5. The van der Waals surface area contributed by atoms with Crippen LogP contribution < -0.4 is 11.1 Å². The Morgan fingerprint density at radius 2 is 2.00 bits per heavy atom. The number of rotatable bonds is 6. The van der Waals surface area contributed by atoms with Gasteiger partial charge in [-0.2, -0.15) is 0 Å². The average molecular weight is 291 g/mol. The third-order valence-electron chi connectivity index (χ3n) is 3.80. The molecule has 1 aliphatic heterocycles. The fourth-order valence-corrected chi connectivity index (χ4v) is 2.60. The van der Waals surface area contributed by atoms with E-state index in [0.717, 1.165) is 43.9 Å². The van der Waals surface area contributed by atoms with Crippen molar-refractivity contribution < 1.29 is 9.53 Å². The van der Waals surface area contributed by atoms with Gasteiger partial charge in [0.25, 0.3) is 0 Å². The second kappa shape index (κ2) is 8.12. The monoisotopic (exact) mass is 291 g/mol. The van der Waals surface area contributed by atoms with Crippen LogP contribution >= 0.6 is 0 Å². The number of nitrogens with two attached hydrogens (primary N) is 1. The SMILES string of the molecule is CN(CC(=O)Nc1ccc(CN)cc1)CC1CCOCC1. The molecule has 1 fully saturated rings. The van der Waals surface area contributed by atoms with Crippen LogP contribution in [0.3, 0.4) is 0 Å². The number of likely N-dealkylation sites (N-methyl/N-ethyl adjacent to an activating group) is 1. The zero-order valence-corrected chi connectivity index (χ0v) is 12.7. The van der Waals surface area contributed by atoms with Crippen LogP contribution in [0.2, 0.25) is 0 Å². The number of hydrogen-bond donors (Lipinski definition) is 2. The van der Waals surface area contributed by atoms with Crippen molar-refractivity contribution in [3.63, 3.8) is 0 Å². The summed E-state index contributed by atoms with van der Waals surface area (Å²) in [6.07, 6.45) is 2.18. The van der Waals surface area contributed by atoms with Gasteiger partial charge in [0.1, 0.15) is 0 Å². The van der Waals surface area contributed by atoms with Crippen molar-refractivity contribution in [3.05, 3.63) is 29.8 Å². The molecule has 1 amide bonds. The van der Waals surface area contributed by atoms with Gasteiger partial charge >= 0.3 is 0 Å². The van der Waals surface area contributed by atoms with Crippen molar-refractivity contribution >= 4 is 11.6 Å². The number of amides is 1. The van der Waals surface area contributed by atoms with Gasteiger partial charge in [-0.3, -0.25) is 9.69 Å². The van der Waals surface area contributed by atoms with Crippen LogP contribution in [-0.4, -0.2) is 44.2 Å². The molecule has 0 aromatic heterocycles. The van der Waals surface area contributed by atoms with E-state index in [1.807, 2.05) is 31.3 Å². The van der Waals surface area contributed by atoms with E-state index in [1.165, 1.54) is 0 Å². The Morgan fingerprint density at radius 1 is 1.33 bits per heavy atom. The maximum atomic E-state index is 12.0. The zero-order chi connectivity index (χ0) is 15.1. The van der Waals surface area contributed by atoms with E-state index in [-0.39, 0.29) is 5.91 Å². The number of carbonyl (C=O) groups is 1. The van der Waals surface area contributed by atoms with Crippen molar-refractivity contribution in [1.29, 1.82) is 0 Å². The standard InChI is InChI=1S/C16H25N3O2/c1-19(11-14-6-8-21-9-7-14)12-16(20)18-15-4-2-13(10-17)3-5-15/h2-5,14H,6-12,17H2,1H3,(H,18,20). The normalized spacial score (nSPS) is 16.1. The van der Waals surface area contributed by atoms with Gasteiger partial charge in [-0.05, 0) is 43.5 Å². The summed E-state index contributed by atoms with van der Waals surface area (Å²) in [5.74, 6) is 0.658. The molecule has 0 bridgehead atoms. The van der Waals surface area contributed by atoms with Crippen molar-refractivity contribution in [2.45, 2.75) is 19.4 Å². The molecule has 0 atom stereocenters. The summed E-state index contributed by atoms with van der Waals surface area (Å²) in [4.78, 5) is 14.1. The number of nitrogens with one attached hydrogen (secondary N) is 1. The van der Waals surface area contributed by atoms with Gasteiger partial charge in [-0.15, -0.1) is 0 Å². The van der Waals surface area contributed by atoms with Crippen LogP contribution in [0, 0.1) is 5.92 Å². The van der Waals surface area contributed by atoms with Crippen molar-refractivity contribution in [3.8, 4) is 0 Å². The Labute approximate surface area is 126 Å². The maximum absolute atomic E-state index is 12.0. The minimum atomic E-state index is 0.0186. The number of anilines is 1. The van der Waals surface area contributed by atoms with E-state index in [1.54, 1.807) is 0 Å². The molecular weight excluding hydrogens is 266 g/mol. The summed E-state index contributed by atoms with van der Waals surface area (Å²) in [5.41, 5.74) is 7.43. The van der Waals surface area contributed by atoms with Crippen LogP contribution in [0.1, 0.15) is 18.4 Å². The Morgan fingerprint density at radius 3 is 2.62 bits per heavy atom. The van der Waals surface area contributed by atoms with Gasteiger partial charge in [0.2, 0.25) is 5.91 Å². The van der Waals surface area contributed by atoms with Gasteiger partial charge in [0.05, 0.1) is 6.54 Å². The lowest BCUT2D eigenvalue weighted by atomic mass is 10.00. The fourth-order valence-electron chi connectivity index (χ4n) is 2.60. The molecule has 0 saturated carbocycles. The maximum Gasteiger partial charge on any atom is 0.238 e. The molecule has 1 saturated heterocycles. The second-order valence-electron chi connectivity index (χ2n) is 5.70. The van der Waals surface area contributed by atoms with Crippen LogP contribution in [-0.2, 0) is 16.1 Å². The lowest BCUT2D eigenvalue weighted by Crippen LogP contribution is -2.35. The van der Waals surface area contributed by atoms with Crippen LogP contribution in [0.15, 0.2) is 24.3 Å². The molecule has 1 aliphatic rings. The van der Waals surface area contributed by atoms with E-state index >= 15 is 0 Å². The highest BCUT2D eigenvalue weighted by molar-refractivity contribution is 5.92. The van der Waals surface area contributed by atoms with Gasteiger partial charge in [0.15, 0.2) is 0 Å². The van der Waals surface area contributed by atoms with Crippen molar-refractivity contribution in [2.24, 2.45) is 11.7 Å². The minimum Gasteiger partial charge on any atom is -0.381 e. The highest BCUT2D eigenvalue weighted by Gasteiger charge is 2.17. The number of carbonyl (C=O) groups excluding carboxylic acids is 1. The first-order chi connectivity index (χ1) is 10.2. The van der Waals surface area contributed by atoms with E-state index < -0.39 is 0 Å². The van der Waals surface area contributed by atoms with Crippen molar-refractivity contribution in [1.82, 2.24) is 4.90 Å². The van der Waals surface area contributed by atoms with Crippen molar-refractivity contribution in [2.75, 3.05) is 38.7 Å². The summed E-state index contributed by atoms with van der Waals surface area (Å²) in [7, 11) is 1.99. The fraction of sp³-hybridized carbons (Fsp3) is 0.562. The Balaban J connectivity index is 1.74. The third-order valence-corrected chi connectivity index (χ3v) is 3.80. The van der Waals surface area contributed by atoms with E-state index in [0.29, 0.717) is 19.0 Å². The smallest absolute Gasteiger partial charge is 0.238 e. The number of hydrogen-bond acceptors (Lipinski definition) is 4. The predicted octanol–water partition coefficient (Wildman–Crippen LogP) is 1.44. The van der Waals surface area contributed by atoms with Crippen LogP contribution in [0.4, 0.5) is 5.69 Å². The van der Waals surface area contributed by atoms with Gasteiger partial charge < -0.3 is 15.8 Å². The van der Waals surface area contributed by atoms with E-state index in [2.05, 4.69) is 10.2 Å². The lowest BCUT2D eigenvalue weighted by Gasteiger charge is -2.26. The third kappa shape index (κ3) is 5.46. The minimum absolute atomic E-state index is 0.0186. The molecule has 1 aromatic rings. The van der Waals surface area contributed by atoms with Gasteiger partial charge in [0, 0.05) is 32.0 Å². The molecular formula is C16H25N3O2. The Bertz CT molecular complexity index is 441. The first-order valence-corrected chi connectivity index (χ1v) is 7.52. The first-order valence-electron chi connectivity index (χ1n) is 7.52.